The molecule has 1 aromatic rings. The molecule has 120 valence electrons. The monoisotopic (exact) mass is 309 g/mol. The number of halogens is 1. The van der Waals surface area contributed by atoms with Gasteiger partial charge in [-0.05, 0) is 43.9 Å². The number of hydrogen-bond acceptors (Lipinski definition) is 3. The third kappa shape index (κ3) is 3.44. The number of aliphatic carboxylic acids is 1. The lowest BCUT2D eigenvalue weighted by atomic mass is 9.64. The van der Waals surface area contributed by atoms with E-state index in [0.29, 0.717) is 19.3 Å². The van der Waals surface area contributed by atoms with Crippen molar-refractivity contribution in [3.63, 3.8) is 0 Å². The third-order valence-corrected chi connectivity index (χ3v) is 4.28. The Balaban J connectivity index is 2.04. The van der Waals surface area contributed by atoms with Crippen LogP contribution in [-0.2, 0) is 16.0 Å². The van der Waals surface area contributed by atoms with Crippen LogP contribution in [0.4, 0.5) is 4.39 Å². The van der Waals surface area contributed by atoms with Crippen LogP contribution in [0.15, 0.2) is 24.3 Å². The lowest BCUT2D eigenvalue weighted by Crippen LogP contribution is -2.53. The number of carboxylic acid groups (broad SMARTS) is 1. The minimum Gasteiger partial charge on any atom is -0.479 e. The van der Waals surface area contributed by atoms with Gasteiger partial charge in [-0.1, -0.05) is 18.6 Å². The van der Waals surface area contributed by atoms with Gasteiger partial charge in [0.15, 0.2) is 5.60 Å². The Kier molecular flexibility index (Phi) is 4.51. The summed E-state index contributed by atoms with van der Waals surface area (Å²) in [6.45, 7) is 0.779. The smallest absolute Gasteiger partial charge is 0.337 e. The molecule has 6 heteroatoms. The Morgan fingerprint density at radius 1 is 1.41 bits per heavy atom. The van der Waals surface area contributed by atoms with Crippen LogP contribution < -0.4 is 5.32 Å². The fraction of sp³-hybridized carbons (Fsp3) is 0.500. The van der Waals surface area contributed by atoms with Crippen molar-refractivity contribution in [1.82, 2.24) is 5.32 Å². The number of carbonyl (C=O) groups is 2. The Bertz CT molecular complexity index is 581. The number of rotatable bonds is 6. The first kappa shape index (κ1) is 16.4. The average Bonchev–Trinajstić information content (AvgIpc) is 2.40. The van der Waals surface area contributed by atoms with Crippen LogP contribution in [0.25, 0.3) is 0 Å². The van der Waals surface area contributed by atoms with E-state index in [0.717, 1.165) is 18.9 Å². The van der Waals surface area contributed by atoms with Gasteiger partial charge in [0.25, 0.3) is 0 Å². The molecule has 5 nitrogen and oxygen atoms in total. The van der Waals surface area contributed by atoms with E-state index in [4.69, 9.17) is 5.11 Å². The zero-order valence-corrected chi connectivity index (χ0v) is 12.4. The minimum absolute atomic E-state index is 0.287. The van der Waals surface area contributed by atoms with Crippen molar-refractivity contribution >= 4 is 11.9 Å². The van der Waals surface area contributed by atoms with Crippen molar-refractivity contribution in [3.05, 3.63) is 35.6 Å². The third-order valence-electron chi connectivity index (χ3n) is 4.28. The largest absolute Gasteiger partial charge is 0.479 e. The van der Waals surface area contributed by atoms with E-state index in [1.54, 1.807) is 12.1 Å². The summed E-state index contributed by atoms with van der Waals surface area (Å²) in [5, 5.41) is 21.0. The highest BCUT2D eigenvalue weighted by Gasteiger charge is 2.44. The first-order valence-corrected chi connectivity index (χ1v) is 7.24. The Hall–Kier alpha value is -1.95. The van der Waals surface area contributed by atoms with Gasteiger partial charge in [0, 0.05) is 0 Å². The molecular formula is C16H20FNO4. The molecule has 0 heterocycles. The number of carbonyl (C=O) groups excluding carboxylic acids is 1. The van der Waals surface area contributed by atoms with Crippen LogP contribution in [-0.4, -0.2) is 34.2 Å². The SMILES string of the molecule is CC(O)(CNC(=O)C1(Cc2cccc(F)c2)CCC1)C(=O)O. The van der Waals surface area contributed by atoms with Crippen molar-refractivity contribution < 1.29 is 24.2 Å². The number of amides is 1. The Morgan fingerprint density at radius 2 is 2.09 bits per heavy atom. The summed E-state index contributed by atoms with van der Waals surface area (Å²) in [6, 6.07) is 6.12. The second-order valence-electron chi connectivity index (χ2n) is 6.20. The second-order valence-corrected chi connectivity index (χ2v) is 6.20. The van der Waals surface area contributed by atoms with Crippen molar-refractivity contribution in [2.24, 2.45) is 5.41 Å². The molecule has 1 atom stereocenters. The summed E-state index contributed by atoms with van der Waals surface area (Å²) >= 11 is 0. The highest BCUT2D eigenvalue weighted by molar-refractivity contribution is 5.85. The molecule has 0 aliphatic heterocycles. The molecule has 1 aromatic carbocycles. The maximum absolute atomic E-state index is 13.3. The minimum atomic E-state index is -2.00. The lowest BCUT2D eigenvalue weighted by Gasteiger charge is -2.41. The normalized spacial score (nSPS) is 18.9. The van der Waals surface area contributed by atoms with Crippen molar-refractivity contribution in [1.29, 1.82) is 0 Å². The zero-order chi connectivity index (χ0) is 16.4. The van der Waals surface area contributed by atoms with E-state index in [1.807, 2.05) is 0 Å². The van der Waals surface area contributed by atoms with Crippen LogP contribution in [0.3, 0.4) is 0 Å². The van der Waals surface area contributed by atoms with Crippen molar-refractivity contribution in [3.8, 4) is 0 Å². The highest BCUT2D eigenvalue weighted by atomic mass is 19.1. The van der Waals surface area contributed by atoms with Crippen molar-refractivity contribution in [2.75, 3.05) is 6.54 Å². The quantitative estimate of drug-likeness (QED) is 0.743. The summed E-state index contributed by atoms with van der Waals surface area (Å²) in [7, 11) is 0. The van der Waals surface area contributed by atoms with Crippen LogP contribution in [0, 0.1) is 11.2 Å². The highest BCUT2D eigenvalue weighted by Crippen LogP contribution is 2.44. The van der Waals surface area contributed by atoms with E-state index >= 15 is 0 Å². The molecule has 0 spiro atoms. The number of aliphatic hydroxyl groups is 1. The Labute approximate surface area is 128 Å². The van der Waals surface area contributed by atoms with Crippen molar-refractivity contribution in [2.45, 2.75) is 38.2 Å². The first-order chi connectivity index (χ1) is 10.3. The lowest BCUT2D eigenvalue weighted by molar-refractivity contribution is -0.157. The molecule has 1 fully saturated rings. The van der Waals surface area contributed by atoms with Crippen LogP contribution >= 0.6 is 0 Å². The molecule has 22 heavy (non-hydrogen) atoms. The fourth-order valence-electron chi connectivity index (χ4n) is 2.64. The van der Waals surface area contributed by atoms with Crippen LogP contribution in [0.2, 0.25) is 0 Å². The molecule has 0 saturated heterocycles. The van der Waals surface area contributed by atoms with E-state index in [9.17, 15) is 19.1 Å². The molecule has 2 rings (SSSR count). The maximum atomic E-state index is 13.3. The molecule has 3 N–H and O–H groups in total. The number of hydrogen-bond donors (Lipinski definition) is 3. The molecule has 1 unspecified atom stereocenters. The van der Waals surface area contributed by atoms with Crippen LogP contribution in [0.1, 0.15) is 31.7 Å². The van der Waals surface area contributed by atoms with Gasteiger partial charge in [-0.25, -0.2) is 9.18 Å². The molecule has 0 bridgehead atoms. The molecule has 1 aliphatic rings. The van der Waals surface area contributed by atoms with E-state index < -0.39 is 17.0 Å². The molecule has 1 amide bonds. The van der Waals surface area contributed by atoms with E-state index in [1.165, 1.54) is 12.1 Å². The number of benzene rings is 1. The second kappa shape index (κ2) is 6.04. The maximum Gasteiger partial charge on any atom is 0.337 e. The molecule has 0 radical (unpaired) electrons. The summed E-state index contributed by atoms with van der Waals surface area (Å²) in [4.78, 5) is 23.2. The van der Waals surface area contributed by atoms with E-state index in [2.05, 4.69) is 5.32 Å². The van der Waals surface area contributed by atoms with E-state index in [-0.39, 0.29) is 18.3 Å². The van der Waals surface area contributed by atoms with Gasteiger partial charge in [-0.3, -0.25) is 4.79 Å². The molecule has 0 aromatic heterocycles. The zero-order valence-electron chi connectivity index (χ0n) is 12.4. The van der Waals surface area contributed by atoms with Gasteiger partial charge in [0.05, 0.1) is 12.0 Å². The summed E-state index contributed by atoms with van der Waals surface area (Å²) in [6.07, 6.45) is 2.65. The van der Waals surface area contributed by atoms with Gasteiger partial charge >= 0.3 is 5.97 Å². The summed E-state index contributed by atoms with van der Waals surface area (Å²) in [5.41, 5.74) is -1.90. The van der Waals surface area contributed by atoms with Gasteiger partial charge in [-0.15, -0.1) is 0 Å². The first-order valence-electron chi connectivity index (χ1n) is 7.24. The Morgan fingerprint density at radius 3 is 2.59 bits per heavy atom. The predicted molar refractivity (Wildman–Crippen MR) is 77.7 cm³/mol. The average molecular weight is 309 g/mol. The predicted octanol–water partition coefficient (Wildman–Crippen LogP) is 1.49. The van der Waals surface area contributed by atoms with Gasteiger partial charge < -0.3 is 15.5 Å². The summed E-state index contributed by atoms with van der Waals surface area (Å²) < 4.78 is 13.3. The number of nitrogens with one attached hydrogen (secondary N) is 1. The molecular weight excluding hydrogens is 289 g/mol. The molecule has 1 saturated carbocycles. The number of carboxylic acids is 1. The van der Waals surface area contributed by atoms with Crippen LogP contribution in [0.5, 0.6) is 0 Å². The van der Waals surface area contributed by atoms with Gasteiger partial charge in [0.2, 0.25) is 5.91 Å². The standard InChI is InChI=1S/C16H20FNO4/c1-15(22,14(20)21)10-18-13(19)16(6-3-7-16)9-11-4-2-5-12(17)8-11/h2,4-5,8,22H,3,6-7,9-10H2,1H3,(H,18,19)(H,20,21). The van der Waals surface area contributed by atoms with Gasteiger partial charge in [-0.2, -0.15) is 0 Å². The fourth-order valence-corrected chi connectivity index (χ4v) is 2.64. The summed E-state index contributed by atoms with van der Waals surface area (Å²) in [5.74, 6) is -2.02. The molecule has 1 aliphatic carbocycles. The van der Waals surface area contributed by atoms with Gasteiger partial charge in [0.1, 0.15) is 5.82 Å². The topological polar surface area (TPSA) is 86.6 Å².